The van der Waals surface area contributed by atoms with Crippen LogP contribution < -0.4 is 9.47 Å². The monoisotopic (exact) mass is 635 g/mol. The van der Waals surface area contributed by atoms with Crippen LogP contribution in [0.1, 0.15) is 41.6 Å². The van der Waals surface area contributed by atoms with Gasteiger partial charge in [-0.25, -0.2) is 9.59 Å². The van der Waals surface area contributed by atoms with Crippen LogP contribution in [0, 0.1) is 0 Å². The van der Waals surface area contributed by atoms with E-state index in [-0.39, 0.29) is 5.12 Å². The van der Waals surface area contributed by atoms with E-state index in [0.717, 1.165) is 48.1 Å². The number of hydrogen-bond acceptors (Lipinski definition) is 9. The van der Waals surface area contributed by atoms with Gasteiger partial charge in [0, 0.05) is 28.8 Å². The highest BCUT2D eigenvalue weighted by atomic mass is 35.5. The molecular weight excluding hydrogens is 602 g/mol. The molecule has 3 rings (SSSR count). The summed E-state index contributed by atoms with van der Waals surface area (Å²) in [5.74, 6) is 0.535. The van der Waals surface area contributed by atoms with Crippen LogP contribution in [0.15, 0.2) is 102 Å². The third-order valence-corrected chi connectivity index (χ3v) is 7.10. The first-order valence-corrected chi connectivity index (χ1v) is 15.2. The first-order valence-electron chi connectivity index (χ1n) is 14.0. The van der Waals surface area contributed by atoms with Crippen LogP contribution in [0.3, 0.4) is 0 Å². The molecule has 0 fully saturated rings. The Hall–Kier alpha value is -4.34. The molecule has 0 heterocycles. The van der Waals surface area contributed by atoms with Crippen LogP contribution in [0.4, 0.5) is 5.69 Å². The van der Waals surface area contributed by atoms with Gasteiger partial charge in [-0.05, 0) is 110 Å². The number of carbonyl (C=O) groups is 3. The molecule has 0 aliphatic rings. The molecule has 0 aliphatic heterocycles. The Balaban J connectivity index is 1.41. The Labute approximate surface area is 266 Å². The number of unbranched alkanes of at least 4 members (excludes halogenated alkanes) is 2. The molecule has 230 valence electrons. The molecule has 0 spiro atoms. The molecule has 0 atom stereocenters. The highest BCUT2D eigenvalue weighted by molar-refractivity contribution is 8.14. The predicted molar refractivity (Wildman–Crippen MR) is 174 cm³/mol. The van der Waals surface area contributed by atoms with E-state index in [1.54, 1.807) is 48.7 Å². The lowest BCUT2D eigenvalue weighted by atomic mass is 10.2. The van der Waals surface area contributed by atoms with Crippen LogP contribution in [-0.4, -0.2) is 49.7 Å². The van der Waals surface area contributed by atoms with Gasteiger partial charge in [0.05, 0.1) is 37.1 Å². The first-order chi connectivity index (χ1) is 21.4. The van der Waals surface area contributed by atoms with Gasteiger partial charge in [0.2, 0.25) is 5.12 Å². The molecule has 0 N–H and O–H groups in total. The number of rotatable bonds is 18. The van der Waals surface area contributed by atoms with Crippen molar-refractivity contribution >= 4 is 52.3 Å². The van der Waals surface area contributed by atoms with Crippen molar-refractivity contribution in [1.29, 1.82) is 0 Å². The quantitative estimate of drug-likeness (QED) is 0.0459. The van der Waals surface area contributed by atoms with Crippen molar-refractivity contribution in [3.05, 3.63) is 108 Å². The number of hydrogen-bond donors (Lipinski definition) is 0. The van der Waals surface area contributed by atoms with E-state index >= 15 is 0 Å². The molecular formula is C34H34ClNO7S. The molecule has 0 amide bonds. The molecule has 0 saturated heterocycles. The lowest BCUT2D eigenvalue weighted by Gasteiger charge is -2.08. The number of carbonyl (C=O) groups excluding carboxylic acids is 3. The van der Waals surface area contributed by atoms with E-state index in [9.17, 15) is 14.4 Å². The van der Waals surface area contributed by atoms with Gasteiger partial charge in [-0.2, -0.15) is 0 Å². The topological polar surface area (TPSA) is 100 Å². The van der Waals surface area contributed by atoms with Crippen LogP contribution >= 0.6 is 23.4 Å². The maximum Gasteiger partial charge on any atom is 0.330 e. The van der Waals surface area contributed by atoms with Gasteiger partial charge in [-0.1, -0.05) is 24.8 Å². The molecule has 0 radical (unpaired) electrons. The number of nitrogens with zero attached hydrogens (tertiary/aromatic N) is 1. The summed E-state index contributed by atoms with van der Waals surface area (Å²) in [6.07, 6.45) is 6.86. The molecule has 10 heteroatoms. The van der Waals surface area contributed by atoms with Crippen molar-refractivity contribution in [3.8, 4) is 11.5 Å². The van der Waals surface area contributed by atoms with Crippen LogP contribution in [0.2, 0.25) is 5.02 Å². The molecule has 3 aromatic rings. The van der Waals surface area contributed by atoms with Crippen molar-refractivity contribution in [2.24, 2.45) is 4.99 Å². The maximum atomic E-state index is 12.8. The van der Waals surface area contributed by atoms with Crippen LogP contribution in [0.25, 0.3) is 0 Å². The van der Waals surface area contributed by atoms with Crippen molar-refractivity contribution in [2.75, 3.05) is 26.4 Å². The molecule has 0 aromatic heterocycles. The van der Waals surface area contributed by atoms with Crippen LogP contribution in [-0.2, 0) is 19.1 Å². The fourth-order valence-corrected chi connectivity index (χ4v) is 4.63. The Morgan fingerprint density at radius 3 is 1.77 bits per heavy atom. The summed E-state index contributed by atoms with van der Waals surface area (Å²) >= 11 is 7.54. The lowest BCUT2D eigenvalue weighted by molar-refractivity contribution is -0.138. The number of aliphatic imine (C=N–C) groups is 1. The van der Waals surface area contributed by atoms with E-state index in [1.807, 2.05) is 24.3 Å². The average Bonchev–Trinajstić information content (AvgIpc) is 3.04. The summed E-state index contributed by atoms with van der Waals surface area (Å²) in [6.45, 7) is 8.36. The summed E-state index contributed by atoms with van der Waals surface area (Å²) in [7, 11) is 0. The number of thioether (sulfide) groups is 1. The second kappa shape index (κ2) is 19.0. The molecule has 8 nitrogen and oxygen atoms in total. The Morgan fingerprint density at radius 1 is 0.727 bits per heavy atom. The van der Waals surface area contributed by atoms with Crippen LogP contribution in [0.5, 0.6) is 11.5 Å². The number of ether oxygens (including phenoxy) is 4. The lowest BCUT2D eigenvalue weighted by Crippen LogP contribution is -2.04. The van der Waals surface area contributed by atoms with Gasteiger partial charge in [0.1, 0.15) is 11.5 Å². The minimum Gasteiger partial charge on any atom is -0.494 e. The fraction of sp³-hybridized carbons (Fsp3) is 0.235. The molecule has 0 aliphatic carbocycles. The van der Waals surface area contributed by atoms with Crippen molar-refractivity contribution in [1.82, 2.24) is 0 Å². The number of benzene rings is 3. The van der Waals surface area contributed by atoms with E-state index in [4.69, 9.17) is 30.5 Å². The zero-order valence-electron chi connectivity index (χ0n) is 24.2. The smallest absolute Gasteiger partial charge is 0.330 e. The highest BCUT2D eigenvalue weighted by Crippen LogP contribution is 2.32. The van der Waals surface area contributed by atoms with E-state index in [0.29, 0.717) is 66.2 Å². The standard InChI is InChI=1S/C34H34ClNO7S/c1-3-32(37)42-21-7-5-19-40-27-13-9-25(10-14-27)24-36-31-18-17-29(23-30(31)35)44-34(39)26-11-15-28(16-12-26)41-20-6-8-22-43-33(38)4-2/h3-4,9-18,23-24H,1-2,5-8,19-22H2. The van der Waals surface area contributed by atoms with Gasteiger partial charge in [-0.3, -0.25) is 9.79 Å². The van der Waals surface area contributed by atoms with Gasteiger partial charge in [-0.15, -0.1) is 0 Å². The Bertz CT molecular complexity index is 1440. The minimum atomic E-state index is -0.433. The first kappa shape index (κ1) is 34.2. The second-order valence-electron chi connectivity index (χ2n) is 9.21. The third kappa shape index (κ3) is 12.5. The predicted octanol–water partition coefficient (Wildman–Crippen LogP) is 7.80. The number of halogens is 1. The Morgan fingerprint density at radius 2 is 1.25 bits per heavy atom. The summed E-state index contributed by atoms with van der Waals surface area (Å²) in [5, 5.41) is 0.312. The number of esters is 2. The van der Waals surface area contributed by atoms with Gasteiger partial charge in [0.25, 0.3) is 0 Å². The molecule has 0 unspecified atom stereocenters. The highest BCUT2D eigenvalue weighted by Gasteiger charge is 2.10. The summed E-state index contributed by atoms with van der Waals surface area (Å²) < 4.78 is 21.3. The maximum absolute atomic E-state index is 12.8. The second-order valence-corrected chi connectivity index (χ2v) is 10.7. The minimum absolute atomic E-state index is 0.119. The Kier molecular flexibility index (Phi) is 14.8. The normalized spacial score (nSPS) is 10.7. The SMILES string of the molecule is C=CC(=O)OCCCCOc1ccc(C=Nc2ccc(SC(=O)c3ccc(OCCCCOC(=O)C=C)cc3)cc2Cl)cc1. The third-order valence-electron chi connectivity index (χ3n) is 5.89. The van der Waals surface area contributed by atoms with Crippen molar-refractivity contribution < 1.29 is 33.3 Å². The zero-order chi connectivity index (χ0) is 31.6. The van der Waals surface area contributed by atoms with Crippen molar-refractivity contribution in [2.45, 2.75) is 30.6 Å². The van der Waals surface area contributed by atoms with E-state index < -0.39 is 11.9 Å². The van der Waals surface area contributed by atoms with Gasteiger partial charge >= 0.3 is 11.9 Å². The summed E-state index contributed by atoms with van der Waals surface area (Å²) in [4.78, 5) is 40.0. The fourth-order valence-electron chi connectivity index (χ4n) is 3.55. The zero-order valence-corrected chi connectivity index (χ0v) is 25.8. The summed E-state index contributed by atoms with van der Waals surface area (Å²) in [5.41, 5.74) is 2.00. The molecule has 44 heavy (non-hydrogen) atoms. The van der Waals surface area contributed by atoms with E-state index in [2.05, 4.69) is 18.2 Å². The van der Waals surface area contributed by atoms with E-state index in [1.165, 1.54) is 0 Å². The van der Waals surface area contributed by atoms with Gasteiger partial charge < -0.3 is 18.9 Å². The van der Waals surface area contributed by atoms with Gasteiger partial charge in [0.15, 0.2) is 0 Å². The largest absolute Gasteiger partial charge is 0.494 e. The van der Waals surface area contributed by atoms with Crippen molar-refractivity contribution in [3.63, 3.8) is 0 Å². The molecule has 0 saturated carbocycles. The summed E-state index contributed by atoms with van der Waals surface area (Å²) in [6, 6.07) is 19.7. The molecule has 3 aromatic carbocycles. The average molecular weight is 636 g/mol. The molecule has 0 bridgehead atoms.